The number of anilines is 1. The lowest BCUT2D eigenvalue weighted by Crippen LogP contribution is -2.26. The zero-order chi connectivity index (χ0) is 14.8. The molecule has 0 aliphatic heterocycles. The van der Waals surface area contributed by atoms with Gasteiger partial charge in [0.05, 0.1) is 22.2 Å². The number of nitrogens with zero attached hydrogens (tertiary/aromatic N) is 2. The summed E-state index contributed by atoms with van der Waals surface area (Å²) in [6.45, 7) is 1.91. The Kier molecular flexibility index (Phi) is 3.77. The van der Waals surface area contributed by atoms with Gasteiger partial charge >= 0.3 is 0 Å². The van der Waals surface area contributed by atoms with Gasteiger partial charge in [-0.2, -0.15) is 5.26 Å². The largest absolute Gasteiger partial charge is 0.269 e. The van der Waals surface area contributed by atoms with Crippen LogP contribution in [0.15, 0.2) is 53.4 Å². The molecule has 0 bridgehead atoms. The van der Waals surface area contributed by atoms with Crippen molar-refractivity contribution in [2.24, 2.45) is 0 Å². The van der Waals surface area contributed by atoms with Crippen molar-refractivity contribution in [3.05, 3.63) is 59.7 Å². The van der Waals surface area contributed by atoms with Gasteiger partial charge in [0.15, 0.2) is 0 Å². The van der Waals surface area contributed by atoms with Crippen molar-refractivity contribution < 1.29 is 8.42 Å². The molecule has 5 heteroatoms. The van der Waals surface area contributed by atoms with Crippen molar-refractivity contribution in [1.29, 1.82) is 5.26 Å². The number of hydrogen-bond acceptors (Lipinski definition) is 3. The van der Waals surface area contributed by atoms with E-state index in [2.05, 4.69) is 0 Å². The van der Waals surface area contributed by atoms with E-state index in [9.17, 15) is 8.42 Å². The molecule has 0 radical (unpaired) electrons. The minimum atomic E-state index is -3.61. The Morgan fingerprint density at radius 2 is 1.75 bits per heavy atom. The normalized spacial score (nSPS) is 10.8. The van der Waals surface area contributed by atoms with E-state index in [1.807, 2.05) is 25.1 Å². The summed E-state index contributed by atoms with van der Waals surface area (Å²) in [4.78, 5) is 0.167. The Morgan fingerprint density at radius 3 is 2.30 bits per heavy atom. The van der Waals surface area contributed by atoms with Gasteiger partial charge < -0.3 is 0 Å². The molecule has 0 heterocycles. The van der Waals surface area contributed by atoms with Crippen LogP contribution in [0.4, 0.5) is 5.69 Å². The third kappa shape index (κ3) is 2.65. The Balaban J connectivity index is 2.41. The highest BCUT2D eigenvalue weighted by Gasteiger charge is 2.21. The molecule has 0 aliphatic carbocycles. The molecule has 0 unspecified atom stereocenters. The summed E-state index contributed by atoms with van der Waals surface area (Å²) in [5.41, 5.74) is 2.03. The van der Waals surface area contributed by atoms with Gasteiger partial charge in [0.25, 0.3) is 10.0 Å². The summed E-state index contributed by atoms with van der Waals surface area (Å²) in [5.74, 6) is 0. The zero-order valence-corrected chi connectivity index (χ0v) is 12.1. The van der Waals surface area contributed by atoms with Crippen LogP contribution in [0, 0.1) is 18.3 Å². The molecule has 0 N–H and O–H groups in total. The number of sulfonamides is 1. The highest BCUT2D eigenvalue weighted by atomic mass is 32.2. The average molecular weight is 286 g/mol. The fourth-order valence-electron chi connectivity index (χ4n) is 1.82. The van der Waals surface area contributed by atoms with E-state index in [0.717, 1.165) is 5.56 Å². The molecular weight excluding hydrogens is 272 g/mol. The summed E-state index contributed by atoms with van der Waals surface area (Å²) >= 11 is 0. The molecule has 0 fully saturated rings. The van der Waals surface area contributed by atoms with Crippen molar-refractivity contribution in [1.82, 2.24) is 0 Å². The molecule has 2 rings (SSSR count). The zero-order valence-electron chi connectivity index (χ0n) is 11.2. The van der Waals surface area contributed by atoms with Crippen LogP contribution in [0.5, 0.6) is 0 Å². The third-order valence-corrected chi connectivity index (χ3v) is 4.81. The van der Waals surface area contributed by atoms with Crippen LogP contribution in [-0.2, 0) is 10.0 Å². The molecular formula is C15H14N2O2S. The first kappa shape index (κ1) is 14.1. The van der Waals surface area contributed by atoms with Gasteiger partial charge in [0.2, 0.25) is 0 Å². The maximum absolute atomic E-state index is 12.5. The highest BCUT2D eigenvalue weighted by Crippen LogP contribution is 2.22. The third-order valence-electron chi connectivity index (χ3n) is 3.01. The van der Waals surface area contributed by atoms with Gasteiger partial charge in [-0.15, -0.1) is 0 Å². The molecule has 0 atom stereocenters. The lowest BCUT2D eigenvalue weighted by atomic mass is 10.2. The van der Waals surface area contributed by atoms with Crippen LogP contribution < -0.4 is 4.31 Å². The van der Waals surface area contributed by atoms with Crippen molar-refractivity contribution in [2.75, 3.05) is 11.4 Å². The minimum Gasteiger partial charge on any atom is -0.269 e. The Bertz CT molecular complexity index is 759. The fourth-order valence-corrected chi connectivity index (χ4v) is 3.01. The first-order valence-electron chi connectivity index (χ1n) is 6.01. The van der Waals surface area contributed by atoms with Gasteiger partial charge in [0, 0.05) is 7.05 Å². The van der Waals surface area contributed by atoms with Gasteiger partial charge in [-0.05, 0) is 48.9 Å². The molecule has 2 aromatic rings. The maximum atomic E-state index is 12.5. The van der Waals surface area contributed by atoms with Crippen LogP contribution in [-0.4, -0.2) is 15.5 Å². The Labute approximate surface area is 118 Å². The Hall–Kier alpha value is -2.32. The van der Waals surface area contributed by atoms with E-state index in [0.29, 0.717) is 11.3 Å². The molecule has 0 aliphatic rings. The lowest BCUT2D eigenvalue weighted by Gasteiger charge is -2.19. The molecule has 20 heavy (non-hydrogen) atoms. The molecule has 4 nitrogen and oxygen atoms in total. The molecule has 0 saturated carbocycles. The van der Waals surface area contributed by atoms with E-state index in [1.54, 1.807) is 12.1 Å². The number of rotatable bonds is 3. The molecule has 0 amide bonds. The van der Waals surface area contributed by atoms with Crippen LogP contribution in [0.1, 0.15) is 11.1 Å². The van der Waals surface area contributed by atoms with Gasteiger partial charge in [-0.25, -0.2) is 8.42 Å². The van der Waals surface area contributed by atoms with E-state index < -0.39 is 10.0 Å². The fraction of sp³-hybridized carbons (Fsp3) is 0.133. The van der Waals surface area contributed by atoms with Gasteiger partial charge in [-0.3, -0.25) is 4.31 Å². The Morgan fingerprint density at radius 1 is 1.10 bits per heavy atom. The van der Waals surface area contributed by atoms with Crippen LogP contribution in [0.25, 0.3) is 0 Å². The first-order valence-corrected chi connectivity index (χ1v) is 7.45. The van der Waals surface area contributed by atoms with Crippen molar-refractivity contribution >= 4 is 15.7 Å². The molecule has 0 saturated heterocycles. The van der Waals surface area contributed by atoms with E-state index >= 15 is 0 Å². The molecule has 2 aromatic carbocycles. The van der Waals surface area contributed by atoms with E-state index in [4.69, 9.17) is 5.26 Å². The SMILES string of the molecule is Cc1cccc(N(C)S(=O)(=O)c2ccc(C#N)cc2)c1. The summed E-state index contributed by atoms with van der Waals surface area (Å²) in [7, 11) is -2.09. The number of aryl methyl sites for hydroxylation is 1. The summed E-state index contributed by atoms with van der Waals surface area (Å²) < 4.78 is 26.2. The predicted molar refractivity (Wildman–Crippen MR) is 77.9 cm³/mol. The van der Waals surface area contributed by atoms with Crippen LogP contribution in [0.2, 0.25) is 0 Å². The lowest BCUT2D eigenvalue weighted by molar-refractivity contribution is 0.594. The summed E-state index contributed by atoms with van der Waals surface area (Å²) in [5, 5.41) is 8.74. The van der Waals surface area contributed by atoms with Crippen LogP contribution in [0.3, 0.4) is 0 Å². The van der Waals surface area contributed by atoms with E-state index in [-0.39, 0.29) is 4.90 Å². The second-order valence-electron chi connectivity index (χ2n) is 4.45. The monoisotopic (exact) mass is 286 g/mol. The average Bonchev–Trinajstić information content (AvgIpc) is 2.46. The first-order chi connectivity index (χ1) is 9.45. The second kappa shape index (κ2) is 5.35. The molecule has 0 aromatic heterocycles. The van der Waals surface area contributed by atoms with Crippen molar-refractivity contribution in [3.8, 4) is 6.07 Å². The number of nitriles is 1. The number of hydrogen-bond donors (Lipinski definition) is 0. The summed E-state index contributed by atoms with van der Waals surface area (Å²) in [6, 6.07) is 15.1. The second-order valence-corrected chi connectivity index (χ2v) is 6.42. The van der Waals surface area contributed by atoms with E-state index in [1.165, 1.54) is 35.6 Å². The molecule has 102 valence electrons. The quantitative estimate of drug-likeness (QED) is 0.871. The number of benzene rings is 2. The minimum absolute atomic E-state index is 0.167. The van der Waals surface area contributed by atoms with Crippen molar-refractivity contribution in [3.63, 3.8) is 0 Å². The maximum Gasteiger partial charge on any atom is 0.264 e. The highest BCUT2D eigenvalue weighted by molar-refractivity contribution is 7.92. The topological polar surface area (TPSA) is 61.2 Å². The van der Waals surface area contributed by atoms with Crippen LogP contribution >= 0.6 is 0 Å². The molecule has 0 spiro atoms. The smallest absolute Gasteiger partial charge is 0.264 e. The van der Waals surface area contributed by atoms with Gasteiger partial charge in [-0.1, -0.05) is 12.1 Å². The van der Waals surface area contributed by atoms with Crippen molar-refractivity contribution in [2.45, 2.75) is 11.8 Å². The standard InChI is InChI=1S/C15H14N2O2S/c1-12-4-3-5-14(10-12)17(2)20(18,19)15-8-6-13(11-16)7-9-15/h3-10H,1-2H3. The summed E-state index contributed by atoms with van der Waals surface area (Å²) in [6.07, 6.45) is 0. The van der Waals surface area contributed by atoms with Gasteiger partial charge in [0.1, 0.15) is 0 Å². The predicted octanol–water partition coefficient (Wildman–Crippen LogP) is 2.69.